The number of aromatic nitrogens is 2. The second-order valence-corrected chi connectivity index (χ2v) is 3.53. The first-order valence-corrected chi connectivity index (χ1v) is 5.09. The van der Waals surface area contributed by atoms with E-state index in [9.17, 15) is 10.1 Å². The summed E-state index contributed by atoms with van der Waals surface area (Å²) in [6.07, 6.45) is 2.23. The van der Waals surface area contributed by atoms with E-state index in [-0.39, 0.29) is 5.69 Å². The molecule has 0 saturated carbocycles. The van der Waals surface area contributed by atoms with Crippen molar-refractivity contribution in [3.63, 3.8) is 0 Å². The summed E-state index contributed by atoms with van der Waals surface area (Å²) in [4.78, 5) is 18.6. The smallest absolute Gasteiger partial charge is 0.270 e. The van der Waals surface area contributed by atoms with Gasteiger partial charge in [0.2, 0.25) is 0 Å². The van der Waals surface area contributed by atoms with Gasteiger partial charge >= 0.3 is 0 Å². The molecule has 0 unspecified atom stereocenters. The summed E-state index contributed by atoms with van der Waals surface area (Å²) in [6.45, 7) is 0.554. The highest BCUT2D eigenvalue weighted by Gasteiger charge is 2.07. The molecule has 0 aliphatic heterocycles. The minimum Gasteiger partial charge on any atom is -0.384 e. The Morgan fingerprint density at radius 2 is 2.29 bits per heavy atom. The first kappa shape index (κ1) is 11.4. The van der Waals surface area contributed by atoms with Gasteiger partial charge in [0.1, 0.15) is 5.82 Å². The first-order chi connectivity index (χ1) is 8.20. The van der Waals surface area contributed by atoms with E-state index in [1.54, 1.807) is 19.4 Å². The predicted molar refractivity (Wildman–Crippen MR) is 61.8 cm³/mol. The van der Waals surface area contributed by atoms with Crippen LogP contribution in [0.4, 0.5) is 5.69 Å². The lowest BCUT2D eigenvalue weighted by molar-refractivity contribution is -0.384. The number of nitrogens with zero attached hydrogens (tertiary/aromatic N) is 3. The lowest BCUT2D eigenvalue weighted by atomic mass is 10.2. The van der Waals surface area contributed by atoms with Crippen molar-refractivity contribution < 1.29 is 9.66 Å². The Morgan fingerprint density at radius 3 is 3.00 bits per heavy atom. The maximum atomic E-state index is 10.6. The molecule has 0 N–H and O–H groups in total. The Morgan fingerprint density at radius 1 is 1.47 bits per heavy atom. The summed E-state index contributed by atoms with van der Waals surface area (Å²) in [6, 6.07) is 4.54. The second kappa shape index (κ2) is 4.84. The molecule has 88 valence electrons. The number of nitro groups is 1. The van der Waals surface area contributed by atoms with Crippen molar-refractivity contribution >= 4 is 16.6 Å². The zero-order chi connectivity index (χ0) is 12.3. The number of non-ortho nitro benzene ring substituents is 1. The molecular formula is C11H11N3O3. The highest BCUT2D eigenvalue weighted by molar-refractivity contribution is 5.80. The third-order valence-electron chi connectivity index (χ3n) is 2.35. The molecule has 0 fully saturated rings. The van der Waals surface area contributed by atoms with Crippen molar-refractivity contribution in [3.8, 4) is 0 Å². The highest BCUT2D eigenvalue weighted by Crippen LogP contribution is 2.18. The Bertz CT molecular complexity index is 557. The molecule has 1 aromatic carbocycles. The molecular weight excluding hydrogens is 222 g/mol. The zero-order valence-electron chi connectivity index (χ0n) is 9.29. The van der Waals surface area contributed by atoms with Crippen LogP contribution in [0.25, 0.3) is 10.9 Å². The van der Waals surface area contributed by atoms with Gasteiger partial charge in [-0.1, -0.05) is 0 Å². The predicted octanol–water partition coefficient (Wildman–Crippen LogP) is 1.73. The van der Waals surface area contributed by atoms with E-state index in [0.717, 1.165) is 0 Å². The van der Waals surface area contributed by atoms with Gasteiger partial charge in [0, 0.05) is 37.2 Å². The molecule has 0 aliphatic carbocycles. The largest absolute Gasteiger partial charge is 0.384 e. The number of ether oxygens (including phenoxy) is 1. The van der Waals surface area contributed by atoms with Crippen molar-refractivity contribution in [2.45, 2.75) is 6.42 Å². The average Bonchev–Trinajstić information content (AvgIpc) is 2.35. The van der Waals surface area contributed by atoms with Gasteiger partial charge in [-0.3, -0.25) is 10.1 Å². The number of benzene rings is 1. The molecule has 1 aromatic heterocycles. The molecule has 0 amide bonds. The summed E-state index contributed by atoms with van der Waals surface area (Å²) in [5.41, 5.74) is 0.752. The van der Waals surface area contributed by atoms with Crippen molar-refractivity contribution in [2.24, 2.45) is 0 Å². The van der Waals surface area contributed by atoms with E-state index in [2.05, 4.69) is 9.97 Å². The summed E-state index contributed by atoms with van der Waals surface area (Å²) >= 11 is 0. The third-order valence-corrected chi connectivity index (χ3v) is 2.35. The van der Waals surface area contributed by atoms with Crippen LogP contribution in [0, 0.1) is 10.1 Å². The number of hydrogen-bond donors (Lipinski definition) is 0. The molecule has 2 aromatic rings. The van der Waals surface area contributed by atoms with Crippen LogP contribution in [0.15, 0.2) is 24.4 Å². The lowest BCUT2D eigenvalue weighted by Crippen LogP contribution is -2.00. The van der Waals surface area contributed by atoms with Gasteiger partial charge in [-0.2, -0.15) is 0 Å². The van der Waals surface area contributed by atoms with Gasteiger partial charge < -0.3 is 4.74 Å². The summed E-state index contributed by atoms with van der Waals surface area (Å²) in [5.74, 6) is 0.674. The van der Waals surface area contributed by atoms with Gasteiger partial charge in [-0.05, 0) is 6.07 Å². The highest BCUT2D eigenvalue weighted by atomic mass is 16.6. The fourth-order valence-corrected chi connectivity index (χ4v) is 1.49. The summed E-state index contributed by atoms with van der Waals surface area (Å²) < 4.78 is 4.94. The van der Waals surface area contributed by atoms with Gasteiger partial charge in [-0.15, -0.1) is 0 Å². The molecule has 6 heteroatoms. The van der Waals surface area contributed by atoms with Crippen molar-refractivity contribution in [3.05, 3.63) is 40.3 Å². The van der Waals surface area contributed by atoms with Crippen LogP contribution in [0.3, 0.4) is 0 Å². The topological polar surface area (TPSA) is 78.2 Å². The van der Waals surface area contributed by atoms with Gasteiger partial charge in [0.25, 0.3) is 5.69 Å². The minimum atomic E-state index is -0.432. The Hall–Kier alpha value is -2.08. The molecule has 0 bridgehead atoms. The Kier molecular flexibility index (Phi) is 3.24. The number of fused-ring (bicyclic) bond motifs is 1. The Balaban J connectivity index is 2.36. The molecule has 0 saturated heterocycles. The molecule has 0 spiro atoms. The second-order valence-electron chi connectivity index (χ2n) is 3.53. The number of hydrogen-bond acceptors (Lipinski definition) is 5. The fourth-order valence-electron chi connectivity index (χ4n) is 1.49. The number of methoxy groups -OCH3 is 1. The molecule has 17 heavy (non-hydrogen) atoms. The molecule has 0 atom stereocenters. The SMILES string of the molecule is COCCc1ncc2cc([N+](=O)[O-])ccc2n1. The van der Waals surface area contributed by atoms with Gasteiger partial charge in [-0.25, -0.2) is 9.97 Å². The van der Waals surface area contributed by atoms with E-state index in [0.29, 0.717) is 29.8 Å². The minimum absolute atomic E-state index is 0.0470. The van der Waals surface area contributed by atoms with Gasteiger partial charge in [0.05, 0.1) is 17.0 Å². The van der Waals surface area contributed by atoms with Crippen molar-refractivity contribution in [1.29, 1.82) is 0 Å². The molecule has 0 radical (unpaired) electrons. The third kappa shape index (κ3) is 2.54. The molecule has 2 rings (SSSR count). The summed E-state index contributed by atoms with van der Waals surface area (Å²) in [5, 5.41) is 11.3. The molecule has 0 aliphatic rings. The Labute approximate surface area is 97.4 Å². The van der Waals surface area contributed by atoms with Crippen LogP contribution in [0.1, 0.15) is 5.82 Å². The van der Waals surface area contributed by atoms with Gasteiger partial charge in [0.15, 0.2) is 0 Å². The fraction of sp³-hybridized carbons (Fsp3) is 0.273. The zero-order valence-corrected chi connectivity index (χ0v) is 9.29. The van der Waals surface area contributed by atoms with Crippen LogP contribution in [-0.4, -0.2) is 28.6 Å². The molecule has 6 nitrogen and oxygen atoms in total. The first-order valence-electron chi connectivity index (χ1n) is 5.09. The lowest BCUT2D eigenvalue weighted by Gasteiger charge is -2.01. The monoisotopic (exact) mass is 233 g/mol. The van der Waals surface area contributed by atoms with E-state index < -0.39 is 4.92 Å². The maximum absolute atomic E-state index is 10.6. The quantitative estimate of drug-likeness (QED) is 0.593. The van der Waals surface area contributed by atoms with Crippen LogP contribution < -0.4 is 0 Å². The number of nitro benzene ring substituents is 1. The van der Waals surface area contributed by atoms with E-state index in [4.69, 9.17) is 4.74 Å². The maximum Gasteiger partial charge on any atom is 0.270 e. The molecule has 1 heterocycles. The van der Waals surface area contributed by atoms with Crippen LogP contribution in [-0.2, 0) is 11.2 Å². The standard InChI is InChI=1S/C11H11N3O3/c1-17-5-4-11-12-7-8-6-9(14(15)16)2-3-10(8)13-11/h2-3,6-7H,4-5H2,1H3. The average molecular weight is 233 g/mol. The van der Waals surface area contributed by atoms with Crippen LogP contribution in [0.5, 0.6) is 0 Å². The van der Waals surface area contributed by atoms with E-state index >= 15 is 0 Å². The van der Waals surface area contributed by atoms with E-state index in [1.807, 2.05) is 0 Å². The number of rotatable bonds is 4. The van der Waals surface area contributed by atoms with Crippen LogP contribution in [0.2, 0.25) is 0 Å². The normalized spacial score (nSPS) is 10.6. The summed E-state index contributed by atoms with van der Waals surface area (Å²) in [7, 11) is 1.62. The van der Waals surface area contributed by atoms with E-state index in [1.165, 1.54) is 12.1 Å². The van der Waals surface area contributed by atoms with Crippen molar-refractivity contribution in [1.82, 2.24) is 9.97 Å². The van der Waals surface area contributed by atoms with Crippen molar-refractivity contribution in [2.75, 3.05) is 13.7 Å². The van der Waals surface area contributed by atoms with Crippen LogP contribution >= 0.6 is 0 Å².